The van der Waals surface area contributed by atoms with E-state index in [0.717, 1.165) is 4.57 Å². The Labute approximate surface area is 102 Å². The number of benzene rings is 1. The molecule has 0 saturated heterocycles. The van der Waals surface area contributed by atoms with Crippen LogP contribution in [0, 0.1) is 0 Å². The predicted molar refractivity (Wildman–Crippen MR) is 67.9 cm³/mol. The second kappa shape index (κ2) is 4.50. The highest BCUT2D eigenvalue weighted by Crippen LogP contribution is 2.18. The highest BCUT2D eigenvalue weighted by Gasteiger charge is 2.18. The number of nitrogens with two attached hydrogens (primary N) is 2. The van der Waals surface area contributed by atoms with Gasteiger partial charge in [-0.15, -0.1) is 0 Å². The largest absolute Gasteiger partial charge is 0.398 e. The van der Waals surface area contributed by atoms with Crippen molar-refractivity contribution in [1.82, 2.24) is 4.57 Å². The van der Waals surface area contributed by atoms with Crippen molar-refractivity contribution in [2.45, 2.75) is 6.04 Å². The lowest BCUT2D eigenvalue weighted by molar-refractivity contribution is -0.122. The third-order valence-electron chi connectivity index (χ3n) is 2.84. The van der Waals surface area contributed by atoms with Gasteiger partial charge < -0.3 is 21.1 Å². The van der Waals surface area contributed by atoms with Crippen LogP contribution in [0.4, 0.5) is 5.69 Å². The number of fused-ring (bicyclic) bond motifs is 1. The van der Waals surface area contributed by atoms with E-state index in [2.05, 4.69) is 0 Å². The lowest BCUT2D eigenvalue weighted by Crippen LogP contribution is -2.35. The molecule has 1 heterocycles. The van der Waals surface area contributed by atoms with Gasteiger partial charge in [0, 0.05) is 22.7 Å². The number of rotatable bonds is 3. The second-order valence-corrected chi connectivity index (χ2v) is 3.94. The molecule has 6 heteroatoms. The van der Waals surface area contributed by atoms with E-state index in [0.29, 0.717) is 16.5 Å². The van der Waals surface area contributed by atoms with Crippen LogP contribution in [0.2, 0.25) is 0 Å². The van der Waals surface area contributed by atoms with Gasteiger partial charge in [-0.25, -0.2) is 0 Å². The van der Waals surface area contributed by atoms with E-state index in [4.69, 9.17) is 16.6 Å². The number of carbonyl (C=O) groups is 1. The number of aromatic nitrogens is 1. The highest BCUT2D eigenvalue weighted by atomic mass is 16.3. The van der Waals surface area contributed by atoms with Crippen molar-refractivity contribution in [1.29, 1.82) is 0 Å². The summed E-state index contributed by atoms with van der Waals surface area (Å²) < 4.78 is 1.12. The number of amides is 1. The number of primary amides is 1. The quantitative estimate of drug-likeness (QED) is 0.641. The first kappa shape index (κ1) is 12.1. The number of hydrogen-bond donors (Lipinski definition) is 3. The van der Waals surface area contributed by atoms with Crippen molar-refractivity contribution in [2.24, 2.45) is 5.73 Å². The van der Waals surface area contributed by atoms with Crippen LogP contribution < -0.4 is 17.0 Å². The van der Waals surface area contributed by atoms with Crippen LogP contribution in [0.1, 0.15) is 6.04 Å². The Morgan fingerprint density at radius 1 is 1.33 bits per heavy atom. The number of aliphatic hydroxyl groups is 1. The van der Waals surface area contributed by atoms with Crippen LogP contribution in [-0.4, -0.2) is 22.2 Å². The molecular weight excluding hydrogens is 234 g/mol. The van der Waals surface area contributed by atoms with E-state index in [1.165, 1.54) is 6.20 Å². The second-order valence-electron chi connectivity index (χ2n) is 3.94. The molecule has 1 aromatic heterocycles. The fourth-order valence-electron chi connectivity index (χ4n) is 1.88. The van der Waals surface area contributed by atoms with Gasteiger partial charge in [-0.2, -0.15) is 0 Å². The topological polar surface area (TPSA) is 111 Å². The predicted octanol–water partition coefficient (Wildman–Crippen LogP) is -0.398. The number of hydrogen-bond acceptors (Lipinski definition) is 4. The van der Waals surface area contributed by atoms with E-state index < -0.39 is 24.1 Å². The first-order valence-corrected chi connectivity index (χ1v) is 5.35. The molecule has 1 amide bonds. The summed E-state index contributed by atoms with van der Waals surface area (Å²) in [6.07, 6.45) is 1.41. The first-order valence-electron chi connectivity index (χ1n) is 5.35. The molecule has 0 bridgehead atoms. The first-order chi connectivity index (χ1) is 8.56. The average molecular weight is 247 g/mol. The van der Waals surface area contributed by atoms with Crippen molar-refractivity contribution in [3.05, 3.63) is 40.8 Å². The summed E-state index contributed by atoms with van der Waals surface area (Å²) in [5, 5.41) is 10.1. The number of carbonyl (C=O) groups excluding carboxylic acids is 1. The zero-order chi connectivity index (χ0) is 13.3. The Morgan fingerprint density at radius 2 is 2.06 bits per heavy atom. The van der Waals surface area contributed by atoms with Gasteiger partial charge >= 0.3 is 0 Å². The number of aliphatic hydroxyl groups excluding tert-OH is 1. The van der Waals surface area contributed by atoms with Crippen molar-refractivity contribution in [2.75, 3.05) is 12.3 Å². The molecular formula is C12H13N3O3. The van der Waals surface area contributed by atoms with E-state index in [9.17, 15) is 9.59 Å². The van der Waals surface area contributed by atoms with Crippen LogP contribution in [0.25, 0.3) is 10.8 Å². The minimum Gasteiger partial charge on any atom is -0.398 e. The van der Waals surface area contributed by atoms with E-state index in [-0.39, 0.29) is 0 Å². The number of nitrogen functional groups attached to an aromatic ring is 1. The molecule has 5 N–H and O–H groups in total. The molecule has 94 valence electrons. The van der Waals surface area contributed by atoms with Gasteiger partial charge in [-0.1, -0.05) is 6.07 Å². The van der Waals surface area contributed by atoms with Gasteiger partial charge in [0.1, 0.15) is 6.04 Å². The maximum Gasteiger partial charge on any atom is 0.259 e. The molecule has 0 fully saturated rings. The Hall–Kier alpha value is -2.34. The summed E-state index contributed by atoms with van der Waals surface area (Å²) >= 11 is 0. The van der Waals surface area contributed by atoms with E-state index in [1.807, 2.05) is 0 Å². The molecule has 0 aliphatic carbocycles. The molecule has 0 aliphatic heterocycles. The molecule has 0 spiro atoms. The van der Waals surface area contributed by atoms with Gasteiger partial charge in [0.15, 0.2) is 0 Å². The third kappa shape index (κ3) is 1.82. The van der Waals surface area contributed by atoms with Gasteiger partial charge in [0.05, 0.1) is 6.61 Å². The van der Waals surface area contributed by atoms with Gasteiger partial charge in [0.2, 0.25) is 5.91 Å². The van der Waals surface area contributed by atoms with Crippen LogP contribution in [0.5, 0.6) is 0 Å². The van der Waals surface area contributed by atoms with Crippen molar-refractivity contribution >= 4 is 22.4 Å². The Kier molecular flexibility index (Phi) is 3.03. The minimum atomic E-state index is -1.07. The lowest BCUT2D eigenvalue weighted by atomic mass is 10.1. The average Bonchev–Trinajstić information content (AvgIpc) is 2.33. The summed E-state index contributed by atoms with van der Waals surface area (Å²) in [7, 11) is 0. The van der Waals surface area contributed by atoms with Gasteiger partial charge in [-0.3, -0.25) is 9.59 Å². The van der Waals surface area contributed by atoms with Crippen molar-refractivity contribution < 1.29 is 9.90 Å². The maximum absolute atomic E-state index is 12.2. The molecule has 1 aromatic carbocycles. The Morgan fingerprint density at radius 3 is 2.67 bits per heavy atom. The molecule has 0 radical (unpaired) electrons. The van der Waals surface area contributed by atoms with E-state index in [1.54, 1.807) is 24.3 Å². The molecule has 18 heavy (non-hydrogen) atoms. The smallest absolute Gasteiger partial charge is 0.259 e. The fraction of sp³-hybridized carbons (Fsp3) is 0.167. The maximum atomic E-state index is 12.2. The van der Waals surface area contributed by atoms with Crippen molar-refractivity contribution in [3.63, 3.8) is 0 Å². The summed E-state index contributed by atoms with van der Waals surface area (Å²) in [6.45, 7) is -0.525. The zero-order valence-corrected chi connectivity index (χ0v) is 9.54. The Balaban J connectivity index is 2.73. The van der Waals surface area contributed by atoms with Gasteiger partial charge in [0.25, 0.3) is 5.56 Å². The lowest BCUT2D eigenvalue weighted by Gasteiger charge is -2.14. The van der Waals surface area contributed by atoms with Crippen LogP contribution in [0.15, 0.2) is 35.3 Å². The summed E-state index contributed by atoms with van der Waals surface area (Å²) in [5.41, 5.74) is 11.0. The van der Waals surface area contributed by atoms with Crippen LogP contribution in [0.3, 0.4) is 0 Å². The summed E-state index contributed by atoms with van der Waals surface area (Å²) in [5.74, 6) is -0.761. The number of nitrogens with zero attached hydrogens (tertiary/aromatic N) is 1. The molecule has 2 aromatic rings. The monoisotopic (exact) mass is 247 g/mol. The molecule has 0 aliphatic rings. The number of anilines is 1. The normalized spacial score (nSPS) is 12.5. The summed E-state index contributed by atoms with van der Waals surface area (Å²) in [6, 6.07) is 5.51. The molecule has 1 atom stereocenters. The molecule has 0 unspecified atom stereocenters. The third-order valence-corrected chi connectivity index (χ3v) is 2.84. The van der Waals surface area contributed by atoms with Crippen LogP contribution >= 0.6 is 0 Å². The standard InChI is InChI=1S/C12H13N3O3/c13-9-3-1-2-8-7(9)4-5-15(12(8)18)10(6-16)11(14)17/h1-5,10,16H,6,13H2,(H2,14,17)/t10-/m0/s1. The number of pyridine rings is 1. The Bertz CT molecular complexity index is 663. The van der Waals surface area contributed by atoms with Gasteiger partial charge in [-0.05, 0) is 18.2 Å². The molecule has 0 saturated carbocycles. The van der Waals surface area contributed by atoms with E-state index >= 15 is 0 Å². The molecule has 2 rings (SSSR count). The fourth-order valence-corrected chi connectivity index (χ4v) is 1.88. The van der Waals surface area contributed by atoms with Crippen LogP contribution in [-0.2, 0) is 4.79 Å². The minimum absolute atomic E-state index is 0.386. The van der Waals surface area contributed by atoms with Crippen molar-refractivity contribution in [3.8, 4) is 0 Å². The SMILES string of the molecule is NC(=O)[C@H](CO)n1ccc2c(N)cccc2c1=O. The molecule has 6 nitrogen and oxygen atoms in total. The highest BCUT2D eigenvalue weighted by molar-refractivity contribution is 5.92. The zero-order valence-electron chi connectivity index (χ0n) is 9.54. The summed E-state index contributed by atoms with van der Waals surface area (Å²) in [4.78, 5) is 23.3.